The lowest BCUT2D eigenvalue weighted by Gasteiger charge is -2.24. The molecular weight excluding hydrogens is 278 g/mol. The Morgan fingerprint density at radius 2 is 2.11 bits per heavy atom. The zero-order valence-electron chi connectivity index (χ0n) is 11.3. The standard InChI is InChI=1S/C14H18ClN3S/c1-9(16)13-8-17-14(19-13)18(3)10(2)11-5-4-6-12(15)7-11/h4-10H,16H2,1-3H3. The van der Waals surface area contributed by atoms with Crippen molar-refractivity contribution in [1.29, 1.82) is 0 Å². The Morgan fingerprint density at radius 1 is 1.37 bits per heavy atom. The number of benzene rings is 1. The van der Waals surface area contributed by atoms with Crippen LogP contribution in [0.5, 0.6) is 0 Å². The molecule has 0 aliphatic rings. The molecule has 0 amide bonds. The fourth-order valence-electron chi connectivity index (χ4n) is 1.81. The van der Waals surface area contributed by atoms with Gasteiger partial charge >= 0.3 is 0 Å². The first-order valence-corrected chi connectivity index (χ1v) is 7.38. The van der Waals surface area contributed by atoms with Gasteiger partial charge in [0.15, 0.2) is 5.13 Å². The number of hydrogen-bond donors (Lipinski definition) is 1. The van der Waals surface area contributed by atoms with Crippen LogP contribution in [0.3, 0.4) is 0 Å². The van der Waals surface area contributed by atoms with E-state index in [1.807, 2.05) is 38.4 Å². The van der Waals surface area contributed by atoms with Crippen LogP contribution in [-0.2, 0) is 0 Å². The number of nitrogens with zero attached hydrogens (tertiary/aromatic N) is 2. The van der Waals surface area contributed by atoms with Crippen molar-refractivity contribution in [3.63, 3.8) is 0 Å². The molecule has 3 nitrogen and oxygen atoms in total. The van der Waals surface area contributed by atoms with E-state index >= 15 is 0 Å². The Kier molecular flexibility index (Phi) is 4.45. The van der Waals surface area contributed by atoms with Gasteiger partial charge in [-0.15, -0.1) is 11.3 Å². The van der Waals surface area contributed by atoms with Crippen molar-refractivity contribution in [3.8, 4) is 0 Å². The highest BCUT2D eigenvalue weighted by Crippen LogP contribution is 2.31. The Balaban J connectivity index is 2.20. The number of rotatable bonds is 4. The van der Waals surface area contributed by atoms with Crippen molar-refractivity contribution < 1.29 is 0 Å². The third-order valence-electron chi connectivity index (χ3n) is 3.17. The van der Waals surface area contributed by atoms with E-state index in [0.29, 0.717) is 0 Å². The molecule has 2 aromatic rings. The number of thiazole rings is 1. The highest BCUT2D eigenvalue weighted by Gasteiger charge is 2.16. The fraction of sp³-hybridized carbons (Fsp3) is 0.357. The molecule has 0 bridgehead atoms. The van der Waals surface area contributed by atoms with Crippen LogP contribution in [0.2, 0.25) is 5.02 Å². The average molecular weight is 296 g/mol. The van der Waals surface area contributed by atoms with Crippen molar-refractivity contribution >= 4 is 28.1 Å². The van der Waals surface area contributed by atoms with Crippen molar-refractivity contribution in [2.24, 2.45) is 5.73 Å². The third kappa shape index (κ3) is 3.26. The minimum Gasteiger partial charge on any atom is -0.344 e. The lowest BCUT2D eigenvalue weighted by atomic mass is 10.1. The smallest absolute Gasteiger partial charge is 0.185 e. The van der Waals surface area contributed by atoms with Gasteiger partial charge in [-0.05, 0) is 31.5 Å². The minimum atomic E-state index is 0.0288. The molecule has 2 rings (SSSR count). The molecule has 1 aromatic heterocycles. The second kappa shape index (κ2) is 5.90. The van der Waals surface area contributed by atoms with Crippen LogP contribution in [-0.4, -0.2) is 12.0 Å². The van der Waals surface area contributed by atoms with Crippen molar-refractivity contribution in [2.45, 2.75) is 25.9 Å². The molecule has 0 fully saturated rings. The third-order valence-corrected chi connectivity index (χ3v) is 4.70. The first kappa shape index (κ1) is 14.3. The quantitative estimate of drug-likeness (QED) is 0.926. The lowest BCUT2D eigenvalue weighted by molar-refractivity contribution is 0.737. The number of nitrogens with two attached hydrogens (primary N) is 1. The van der Waals surface area contributed by atoms with Crippen molar-refractivity contribution in [1.82, 2.24) is 4.98 Å². The molecule has 0 saturated heterocycles. The summed E-state index contributed by atoms with van der Waals surface area (Å²) in [6.07, 6.45) is 1.85. The molecule has 2 unspecified atom stereocenters. The summed E-state index contributed by atoms with van der Waals surface area (Å²) >= 11 is 7.67. The topological polar surface area (TPSA) is 42.1 Å². The van der Waals surface area contributed by atoms with Crippen molar-refractivity contribution in [3.05, 3.63) is 45.9 Å². The Labute approximate surface area is 123 Å². The van der Waals surface area contributed by atoms with E-state index in [0.717, 1.165) is 15.0 Å². The Morgan fingerprint density at radius 3 is 2.68 bits per heavy atom. The summed E-state index contributed by atoms with van der Waals surface area (Å²) in [5.41, 5.74) is 7.04. The van der Waals surface area contributed by atoms with Gasteiger partial charge in [0.1, 0.15) is 0 Å². The van der Waals surface area contributed by atoms with Gasteiger partial charge in [0, 0.05) is 29.2 Å². The predicted octanol–water partition coefficient (Wildman–Crippen LogP) is 4.01. The number of aromatic nitrogens is 1. The molecule has 2 N–H and O–H groups in total. The largest absolute Gasteiger partial charge is 0.344 e. The minimum absolute atomic E-state index is 0.0288. The SMILES string of the molecule is CC(N)c1cnc(N(C)C(C)c2cccc(Cl)c2)s1. The van der Waals surface area contributed by atoms with E-state index in [9.17, 15) is 0 Å². The van der Waals surface area contributed by atoms with Crippen LogP contribution in [0.25, 0.3) is 0 Å². The number of halogens is 1. The van der Waals surface area contributed by atoms with Crippen LogP contribution in [0.4, 0.5) is 5.13 Å². The summed E-state index contributed by atoms with van der Waals surface area (Å²) in [6, 6.07) is 8.16. The van der Waals surface area contributed by atoms with Gasteiger partial charge in [0.25, 0.3) is 0 Å². The Hall–Kier alpha value is -1.10. The first-order valence-electron chi connectivity index (χ1n) is 6.18. The van der Waals surface area contributed by atoms with Gasteiger partial charge in [-0.3, -0.25) is 0 Å². The molecular formula is C14H18ClN3S. The van der Waals surface area contributed by atoms with Crippen LogP contribution in [0.15, 0.2) is 30.5 Å². The second-order valence-corrected chi connectivity index (χ2v) is 6.15. The first-order chi connectivity index (χ1) is 8.99. The molecule has 0 radical (unpaired) electrons. The maximum Gasteiger partial charge on any atom is 0.185 e. The number of hydrogen-bond acceptors (Lipinski definition) is 4. The molecule has 19 heavy (non-hydrogen) atoms. The number of anilines is 1. The summed E-state index contributed by atoms with van der Waals surface area (Å²) in [5, 5.41) is 1.73. The highest BCUT2D eigenvalue weighted by atomic mass is 35.5. The normalized spacial score (nSPS) is 14.2. The molecule has 102 valence electrons. The fourth-order valence-corrected chi connectivity index (χ4v) is 2.91. The van der Waals surface area contributed by atoms with Gasteiger partial charge in [0.05, 0.1) is 6.04 Å². The van der Waals surface area contributed by atoms with E-state index in [4.69, 9.17) is 17.3 Å². The van der Waals surface area contributed by atoms with E-state index < -0.39 is 0 Å². The maximum atomic E-state index is 6.04. The summed E-state index contributed by atoms with van der Waals surface area (Å²) in [5.74, 6) is 0. The van der Waals surface area contributed by atoms with Crippen LogP contribution in [0.1, 0.15) is 36.4 Å². The molecule has 0 spiro atoms. The van der Waals surface area contributed by atoms with E-state index in [1.54, 1.807) is 11.3 Å². The molecule has 0 aliphatic heterocycles. The van der Waals surface area contributed by atoms with Gasteiger partial charge in [0.2, 0.25) is 0 Å². The van der Waals surface area contributed by atoms with Crippen molar-refractivity contribution in [2.75, 3.05) is 11.9 Å². The van der Waals surface area contributed by atoms with Gasteiger partial charge in [-0.2, -0.15) is 0 Å². The van der Waals surface area contributed by atoms with Crippen LogP contribution < -0.4 is 10.6 Å². The van der Waals surface area contributed by atoms with Gasteiger partial charge < -0.3 is 10.6 Å². The predicted molar refractivity (Wildman–Crippen MR) is 83.0 cm³/mol. The average Bonchev–Trinajstić information content (AvgIpc) is 2.86. The van der Waals surface area contributed by atoms with Crippen LogP contribution in [0, 0.1) is 0 Å². The summed E-state index contributed by atoms with van der Waals surface area (Å²) in [6.45, 7) is 4.11. The van der Waals surface area contributed by atoms with Gasteiger partial charge in [-0.1, -0.05) is 23.7 Å². The molecule has 2 atom stereocenters. The zero-order valence-corrected chi connectivity index (χ0v) is 12.9. The van der Waals surface area contributed by atoms with E-state index in [-0.39, 0.29) is 12.1 Å². The lowest BCUT2D eigenvalue weighted by Crippen LogP contribution is -2.21. The molecule has 5 heteroatoms. The summed E-state index contributed by atoms with van der Waals surface area (Å²) < 4.78 is 0. The molecule has 0 aliphatic carbocycles. The maximum absolute atomic E-state index is 6.04. The van der Waals surface area contributed by atoms with E-state index in [2.05, 4.69) is 22.9 Å². The zero-order chi connectivity index (χ0) is 14.0. The molecule has 1 aromatic carbocycles. The molecule has 1 heterocycles. The summed E-state index contributed by atoms with van der Waals surface area (Å²) in [4.78, 5) is 7.68. The van der Waals surface area contributed by atoms with E-state index in [1.165, 1.54) is 5.56 Å². The van der Waals surface area contributed by atoms with Gasteiger partial charge in [-0.25, -0.2) is 4.98 Å². The van der Waals surface area contributed by atoms with Crippen LogP contribution >= 0.6 is 22.9 Å². The second-order valence-electron chi connectivity index (χ2n) is 4.68. The molecule has 0 saturated carbocycles. The Bertz CT molecular complexity index is 553. The summed E-state index contributed by atoms with van der Waals surface area (Å²) in [7, 11) is 2.04. The monoisotopic (exact) mass is 295 g/mol. The highest BCUT2D eigenvalue weighted by molar-refractivity contribution is 7.15.